The molecule has 5 nitrogen and oxygen atoms in total. The number of halogens is 1. The van der Waals surface area contributed by atoms with Gasteiger partial charge in [-0.1, -0.05) is 6.58 Å². The number of hydroxylamine groups is 2. The Hall–Kier alpha value is -1.20. The second-order valence-corrected chi connectivity index (χ2v) is 3.00. The number of carbonyl (C=O) groups excluding carboxylic acids is 3. The second kappa shape index (κ2) is 5.51. The van der Waals surface area contributed by atoms with Gasteiger partial charge < -0.3 is 0 Å². The average molecular weight is 220 g/mol. The zero-order valence-corrected chi connectivity index (χ0v) is 8.37. The average Bonchev–Trinajstić information content (AvgIpc) is 2.37. The number of amides is 2. The molecule has 1 N–H and O–H groups in total. The summed E-state index contributed by atoms with van der Waals surface area (Å²) >= 11 is 4.87. The van der Waals surface area contributed by atoms with Crippen LogP contribution in [0.15, 0.2) is 12.2 Å². The fourth-order valence-electron chi connectivity index (χ4n) is 0.565. The Kier molecular flexibility index (Phi) is 5.04. The topological polar surface area (TPSA) is 74.7 Å². The fourth-order valence-corrected chi connectivity index (χ4v) is 0.565. The first-order valence-corrected chi connectivity index (χ1v) is 4.14. The second-order valence-electron chi connectivity index (χ2n) is 2.65. The van der Waals surface area contributed by atoms with Gasteiger partial charge in [0.25, 0.3) is 11.8 Å². The highest BCUT2D eigenvalue weighted by atomic mass is 35.5. The van der Waals surface area contributed by atoms with E-state index < -0.39 is 17.1 Å². The first-order valence-electron chi connectivity index (χ1n) is 3.76. The van der Waals surface area contributed by atoms with E-state index in [1.165, 1.54) is 0 Å². The summed E-state index contributed by atoms with van der Waals surface area (Å²) in [4.78, 5) is 30.3. The predicted octanol–water partition coefficient (Wildman–Crippen LogP) is 0.853. The number of rotatable bonds is 1. The van der Waals surface area contributed by atoms with Crippen molar-refractivity contribution >= 4 is 28.7 Å². The van der Waals surface area contributed by atoms with Crippen LogP contribution in [-0.2, 0) is 14.4 Å². The number of hydrogen-bond acceptors (Lipinski definition) is 4. The van der Waals surface area contributed by atoms with Gasteiger partial charge in [-0.15, -0.1) is 0 Å². The van der Waals surface area contributed by atoms with Crippen LogP contribution in [0, 0.1) is 0 Å². The number of nitrogens with zero attached hydrogens (tertiary/aromatic N) is 1. The Morgan fingerprint density at radius 2 is 1.71 bits per heavy atom. The van der Waals surface area contributed by atoms with Crippen molar-refractivity contribution in [3.63, 3.8) is 0 Å². The monoisotopic (exact) mass is 219 g/mol. The Morgan fingerprint density at radius 3 is 1.79 bits per heavy atom. The molecule has 1 rings (SSSR count). The molecule has 0 saturated carbocycles. The lowest BCUT2D eigenvalue weighted by molar-refractivity contribution is -0.171. The molecule has 2 amide bonds. The molecule has 14 heavy (non-hydrogen) atoms. The number of carbonyl (C=O) groups is 3. The highest BCUT2D eigenvalue weighted by Crippen LogP contribution is 2.06. The highest BCUT2D eigenvalue weighted by Gasteiger charge is 2.26. The van der Waals surface area contributed by atoms with Crippen LogP contribution in [0.25, 0.3) is 0 Å². The Bertz CT molecular complexity index is 259. The molecule has 1 aliphatic rings. The molecular weight excluding hydrogens is 210 g/mol. The van der Waals surface area contributed by atoms with Gasteiger partial charge in [0.1, 0.15) is 0 Å². The molecule has 0 aliphatic carbocycles. The number of hydrogen-bond donors (Lipinski definition) is 1. The maximum atomic E-state index is 10.2. The first-order chi connectivity index (χ1) is 6.36. The molecule has 78 valence electrons. The summed E-state index contributed by atoms with van der Waals surface area (Å²) in [7, 11) is 0. The molecule has 0 atom stereocenters. The third-order valence-corrected chi connectivity index (χ3v) is 1.68. The molecule has 0 bridgehead atoms. The molecule has 0 radical (unpaired) electrons. The summed E-state index contributed by atoms with van der Waals surface area (Å²) in [6.07, 6.45) is 0.296. The van der Waals surface area contributed by atoms with Gasteiger partial charge in [-0.05, 0) is 18.5 Å². The van der Waals surface area contributed by atoms with E-state index in [9.17, 15) is 14.4 Å². The van der Waals surface area contributed by atoms with Gasteiger partial charge in [0, 0.05) is 18.4 Å². The molecule has 1 heterocycles. The minimum atomic E-state index is -0.505. The van der Waals surface area contributed by atoms with E-state index in [1.807, 2.05) is 0 Å². The molecule has 1 fully saturated rings. The van der Waals surface area contributed by atoms with Gasteiger partial charge in [-0.25, -0.2) is 0 Å². The van der Waals surface area contributed by atoms with Crippen LogP contribution in [0.5, 0.6) is 0 Å². The lowest BCUT2D eigenvalue weighted by Crippen LogP contribution is -2.24. The quantitative estimate of drug-likeness (QED) is 0.307. The Labute approximate surface area is 85.9 Å². The van der Waals surface area contributed by atoms with Crippen molar-refractivity contribution < 1.29 is 19.6 Å². The van der Waals surface area contributed by atoms with Crippen LogP contribution < -0.4 is 0 Å². The zero-order valence-electron chi connectivity index (χ0n) is 7.62. The molecular formula is C8H10ClNO4. The summed E-state index contributed by atoms with van der Waals surface area (Å²) in [6, 6.07) is 0. The van der Waals surface area contributed by atoms with Crippen molar-refractivity contribution in [1.82, 2.24) is 5.06 Å². The van der Waals surface area contributed by atoms with Crippen LogP contribution in [-0.4, -0.2) is 27.3 Å². The lowest BCUT2D eigenvalue weighted by Gasteiger charge is -1.98. The van der Waals surface area contributed by atoms with Gasteiger partial charge in [0.2, 0.25) is 5.24 Å². The standard InChI is InChI=1S/C4H5ClO.C4H5NO3/c1-3(2)4(5)6;6-3-1-2-4(7)5(3)8/h1H2,2H3;8H,1-2H2. The molecule has 0 spiro atoms. The maximum Gasteiger partial charge on any atom is 0.253 e. The highest BCUT2D eigenvalue weighted by molar-refractivity contribution is 6.67. The molecule has 1 saturated heterocycles. The van der Waals surface area contributed by atoms with Gasteiger partial charge in [0.15, 0.2) is 0 Å². The minimum absolute atomic E-state index is 0.148. The number of allylic oxidation sites excluding steroid dienone is 1. The van der Waals surface area contributed by atoms with E-state index in [-0.39, 0.29) is 17.9 Å². The van der Waals surface area contributed by atoms with Crippen LogP contribution >= 0.6 is 11.6 Å². The first kappa shape index (κ1) is 12.8. The number of imide groups is 1. The smallest absolute Gasteiger partial charge is 0.253 e. The summed E-state index contributed by atoms with van der Waals surface area (Å²) < 4.78 is 0. The van der Waals surface area contributed by atoms with Gasteiger partial charge in [-0.2, -0.15) is 5.06 Å². The SMILES string of the molecule is C=C(C)C(=O)Cl.O=C1CCC(=O)N1O. The van der Waals surface area contributed by atoms with E-state index in [4.69, 9.17) is 16.8 Å². The zero-order chi connectivity index (χ0) is 11.3. The summed E-state index contributed by atoms with van der Waals surface area (Å²) in [5, 5.41) is 8.10. The van der Waals surface area contributed by atoms with Crippen molar-refractivity contribution in [3.8, 4) is 0 Å². The summed E-state index contributed by atoms with van der Waals surface area (Å²) in [5.41, 5.74) is 0.386. The van der Waals surface area contributed by atoms with Crippen LogP contribution in [0.1, 0.15) is 19.8 Å². The van der Waals surface area contributed by atoms with Crippen LogP contribution in [0.4, 0.5) is 0 Å². The van der Waals surface area contributed by atoms with Gasteiger partial charge in [0.05, 0.1) is 0 Å². The summed E-state index contributed by atoms with van der Waals surface area (Å²) in [5.74, 6) is -1.01. The fraction of sp³-hybridized carbons (Fsp3) is 0.375. The third-order valence-electron chi connectivity index (χ3n) is 1.36. The van der Waals surface area contributed by atoms with E-state index in [0.717, 1.165) is 0 Å². The Balaban J connectivity index is 0.000000255. The van der Waals surface area contributed by atoms with E-state index in [0.29, 0.717) is 5.57 Å². The molecule has 6 heteroatoms. The van der Waals surface area contributed by atoms with Crippen molar-refractivity contribution in [2.75, 3.05) is 0 Å². The predicted molar refractivity (Wildman–Crippen MR) is 48.5 cm³/mol. The summed E-state index contributed by atoms with van der Waals surface area (Å²) in [6.45, 7) is 4.84. The molecule has 0 unspecified atom stereocenters. The van der Waals surface area contributed by atoms with Gasteiger partial charge in [-0.3, -0.25) is 19.6 Å². The third kappa shape index (κ3) is 4.15. The van der Waals surface area contributed by atoms with E-state index in [1.54, 1.807) is 6.92 Å². The Morgan fingerprint density at radius 1 is 1.43 bits per heavy atom. The van der Waals surface area contributed by atoms with Crippen LogP contribution in [0.2, 0.25) is 0 Å². The van der Waals surface area contributed by atoms with Crippen molar-refractivity contribution in [3.05, 3.63) is 12.2 Å². The molecule has 0 aromatic heterocycles. The van der Waals surface area contributed by atoms with Crippen molar-refractivity contribution in [1.29, 1.82) is 0 Å². The molecule has 0 aromatic carbocycles. The normalized spacial score (nSPS) is 14.9. The largest absolute Gasteiger partial charge is 0.279 e. The molecule has 1 aliphatic heterocycles. The van der Waals surface area contributed by atoms with Crippen molar-refractivity contribution in [2.45, 2.75) is 19.8 Å². The van der Waals surface area contributed by atoms with Crippen LogP contribution in [0.3, 0.4) is 0 Å². The molecule has 0 aromatic rings. The lowest BCUT2D eigenvalue weighted by atomic mass is 10.4. The maximum absolute atomic E-state index is 10.2. The van der Waals surface area contributed by atoms with Crippen molar-refractivity contribution in [2.24, 2.45) is 0 Å². The van der Waals surface area contributed by atoms with Gasteiger partial charge >= 0.3 is 0 Å². The minimum Gasteiger partial charge on any atom is -0.279 e. The van der Waals surface area contributed by atoms with E-state index in [2.05, 4.69) is 6.58 Å². The van der Waals surface area contributed by atoms with E-state index >= 15 is 0 Å².